The number of carbonyl (C=O) groups is 4. The predicted octanol–water partition coefficient (Wildman–Crippen LogP) is 3.80. The number of aromatic nitrogens is 2. The molecule has 0 bridgehead atoms. The van der Waals surface area contributed by atoms with Gasteiger partial charge in [-0.25, -0.2) is 9.48 Å². The summed E-state index contributed by atoms with van der Waals surface area (Å²) < 4.78 is 51.3. The number of Topliss-reactive ketones (excluding diaryl/α,β-unsaturated/α-hetero) is 1. The minimum Gasteiger partial charge on any atom is -0.469 e. The summed E-state index contributed by atoms with van der Waals surface area (Å²) in [5.74, 6) is -2.66. The molecular formula is C30H34F3N5O6. The number of para-hydroxylation sites is 1. The summed E-state index contributed by atoms with van der Waals surface area (Å²) >= 11 is 0. The minimum absolute atomic E-state index is 0.00559. The Bertz CT molecular complexity index is 1430. The number of alkyl halides is 3. The van der Waals surface area contributed by atoms with Gasteiger partial charge in [-0.2, -0.15) is 18.3 Å². The van der Waals surface area contributed by atoms with Crippen LogP contribution in [0, 0.1) is 5.92 Å². The van der Waals surface area contributed by atoms with Gasteiger partial charge in [0.05, 0.1) is 11.7 Å². The topological polar surface area (TPSA) is 141 Å². The predicted molar refractivity (Wildman–Crippen MR) is 153 cm³/mol. The Hall–Kier alpha value is -4.88. The van der Waals surface area contributed by atoms with Crippen molar-refractivity contribution in [2.75, 3.05) is 6.61 Å². The third-order valence-corrected chi connectivity index (χ3v) is 6.36. The molecule has 1 heterocycles. The van der Waals surface area contributed by atoms with Gasteiger partial charge < -0.3 is 25.4 Å². The van der Waals surface area contributed by atoms with Crippen LogP contribution in [0.1, 0.15) is 39.0 Å². The van der Waals surface area contributed by atoms with Crippen LogP contribution in [-0.4, -0.2) is 58.2 Å². The highest BCUT2D eigenvalue weighted by molar-refractivity contribution is 5.94. The molecule has 14 heteroatoms. The molecule has 3 rings (SSSR count). The monoisotopic (exact) mass is 617 g/mol. The SMILES string of the molecule is CC(C)[C@H](NC(=O)OCc1ccccc1)C(=O)N[C@@H](C)C(=O)N[C@@H](C)C(=O)COc1cc(C(F)(F)F)nn1-c1ccccc1. The summed E-state index contributed by atoms with van der Waals surface area (Å²) in [6.45, 7) is 5.51. The Balaban J connectivity index is 1.53. The average Bonchev–Trinajstić information content (AvgIpc) is 3.43. The highest BCUT2D eigenvalue weighted by atomic mass is 19.4. The fourth-order valence-corrected chi connectivity index (χ4v) is 3.84. The van der Waals surface area contributed by atoms with Gasteiger partial charge in [0.15, 0.2) is 18.1 Å². The molecule has 0 saturated carbocycles. The van der Waals surface area contributed by atoms with Gasteiger partial charge in [0.1, 0.15) is 18.7 Å². The molecule has 3 atom stereocenters. The van der Waals surface area contributed by atoms with Gasteiger partial charge >= 0.3 is 12.3 Å². The molecule has 44 heavy (non-hydrogen) atoms. The molecule has 0 unspecified atom stereocenters. The van der Waals surface area contributed by atoms with E-state index in [0.29, 0.717) is 6.07 Å². The van der Waals surface area contributed by atoms with Gasteiger partial charge in [-0.1, -0.05) is 62.4 Å². The number of alkyl carbamates (subject to hydrolysis) is 1. The normalized spacial score (nSPS) is 13.4. The summed E-state index contributed by atoms with van der Waals surface area (Å²) in [5.41, 5.74) is -0.149. The van der Waals surface area contributed by atoms with Crippen molar-refractivity contribution in [3.63, 3.8) is 0 Å². The maximum absolute atomic E-state index is 13.3. The summed E-state index contributed by atoms with van der Waals surface area (Å²) in [6, 6.07) is 14.4. The molecule has 0 spiro atoms. The van der Waals surface area contributed by atoms with E-state index in [1.54, 1.807) is 56.3 Å². The van der Waals surface area contributed by atoms with Crippen molar-refractivity contribution in [1.29, 1.82) is 0 Å². The summed E-state index contributed by atoms with van der Waals surface area (Å²) in [7, 11) is 0. The Morgan fingerprint density at radius 3 is 2.02 bits per heavy atom. The van der Waals surface area contributed by atoms with Crippen LogP contribution in [0.15, 0.2) is 66.7 Å². The van der Waals surface area contributed by atoms with Crippen molar-refractivity contribution in [2.45, 2.75) is 58.6 Å². The number of nitrogens with zero attached hydrogens (tertiary/aromatic N) is 2. The second-order valence-electron chi connectivity index (χ2n) is 10.3. The maximum Gasteiger partial charge on any atom is 0.435 e. The van der Waals surface area contributed by atoms with E-state index in [2.05, 4.69) is 21.0 Å². The summed E-state index contributed by atoms with van der Waals surface area (Å²) in [6.07, 6.45) is -5.55. The molecule has 11 nitrogen and oxygen atoms in total. The number of rotatable bonds is 13. The zero-order valence-electron chi connectivity index (χ0n) is 24.6. The average molecular weight is 618 g/mol. The maximum atomic E-state index is 13.3. The Kier molecular flexibility index (Phi) is 11.5. The van der Waals surface area contributed by atoms with Crippen LogP contribution in [0.5, 0.6) is 5.88 Å². The van der Waals surface area contributed by atoms with E-state index in [1.807, 2.05) is 6.07 Å². The van der Waals surface area contributed by atoms with E-state index in [4.69, 9.17) is 9.47 Å². The van der Waals surface area contributed by atoms with Crippen LogP contribution in [0.2, 0.25) is 0 Å². The highest BCUT2D eigenvalue weighted by Gasteiger charge is 2.36. The molecule has 0 aliphatic rings. The molecule has 2 aromatic carbocycles. The van der Waals surface area contributed by atoms with Crippen molar-refractivity contribution in [3.05, 3.63) is 78.0 Å². The molecule has 3 N–H and O–H groups in total. The first-order valence-corrected chi connectivity index (χ1v) is 13.7. The lowest BCUT2D eigenvalue weighted by Gasteiger charge is -2.24. The molecule has 3 aromatic rings. The van der Waals surface area contributed by atoms with Gasteiger partial charge in [0.2, 0.25) is 17.7 Å². The van der Waals surface area contributed by atoms with Gasteiger partial charge in [-0.05, 0) is 37.5 Å². The van der Waals surface area contributed by atoms with Gasteiger partial charge in [-0.3, -0.25) is 14.4 Å². The van der Waals surface area contributed by atoms with Gasteiger partial charge in [-0.15, -0.1) is 0 Å². The quantitative estimate of drug-likeness (QED) is 0.265. The fraction of sp³-hybridized carbons (Fsp3) is 0.367. The highest BCUT2D eigenvalue weighted by Crippen LogP contribution is 2.32. The van der Waals surface area contributed by atoms with Crippen LogP contribution in [0.25, 0.3) is 5.69 Å². The van der Waals surface area contributed by atoms with E-state index in [-0.39, 0.29) is 24.1 Å². The second-order valence-corrected chi connectivity index (χ2v) is 10.3. The Morgan fingerprint density at radius 2 is 1.43 bits per heavy atom. The van der Waals surface area contributed by atoms with Crippen molar-refractivity contribution < 1.29 is 41.8 Å². The largest absolute Gasteiger partial charge is 0.469 e. The number of amides is 3. The van der Waals surface area contributed by atoms with Crippen molar-refractivity contribution >= 4 is 23.7 Å². The van der Waals surface area contributed by atoms with Crippen LogP contribution in [0.3, 0.4) is 0 Å². The molecule has 0 aliphatic carbocycles. The van der Waals surface area contributed by atoms with Crippen LogP contribution in [-0.2, 0) is 31.9 Å². The van der Waals surface area contributed by atoms with E-state index in [0.717, 1.165) is 10.2 Å². The lowest BCUT2D eigenvalue weighted by atomic mass is 10.0. The molecular weight excluding hydrogens is 583 g/mol. The molecule has 236 valence electrons. The zero-order chi connectivity index (χ0) is 32.4. The third-order valence-electron chi connectivity index (χ3n) is 6.36. The summed E-state index contributed by atoms with van der Waals surface area (Å²) in [5, 5.41) is 11.0. The Morgan fingerprint density at radius 1 is 0.841 bits per heavy atom. The number of ketones is 1. The lowest BCUT2D eigenvalue weighted by molar-refractivity contribution is -0.141. The van der Waals surface area contributed by atoms with E-state index in [9.17, 15) is 32.3 Å². The number of hydrogen-bond acceptors (Lipinski definition) is 7. The summed E-state index contributed by atoms with van der Waals surface area (Å²) in [4.78, 5) is 50.6. The van der Waals surface area contributed by atoms with E-state index < -0.39 is 60.3 Å². The third kappa shape index (κ3) is 9.57. The zero-order valence-corrected chi connectivity index (χ0v) is 24.6. The van der Waals surface area contributed by atoms with E-state index >= 15 is 0 Å². The van der Waals surface area contributed by atoms with E-state index in [1.165, 1.54) is 26.0 Å². The lowest BCUT2D eigenvalue weighted by Crippen LogP contribution is -2.56. The van der Waals surface area contributed by atoms with Gasteiger partial charge in [0, 0.05) is 6.07 Å². The smallest absolute Gasteiger partial charge is 0.435 e. The number of carbonyl (C=O) groups excluding carboxylic acids is 4. The van der Waals surface area contributed by atoms with Crippen LogP contribution >= 0.6 is 0 Å². The second kappa shape index (κ2) is 15.0. The van der Waals surface area contributed by atoms with Crippen molar-refractivity contribution in [1.82, 2.24) is 25.7 Å². The van der Waals surface area contributed by atoms with Crippen LogP contribution in [0.4, 0.5) is 18.0 Å². The first-order chi connectivity index (χ1) is 20.8. The number of hydrogen-bond donors (Lipinski definition) is 3. The molecule has 1 aromatic heterocycles. The van der Waals surface area contributed by atoms with Crippen molar-refractivity contribution in [3.8, 4) is 11.6 Å². The number of halogens is 3. The molecule has 0 saturated heterocycles. The number of benzene rings is 2. The van der Waals surface area contributed by atoms with Crippen LogP contribution < -0.4 is 20.7 Å². The Labute approximate surface area is 252 Å². The minimum atomic E-state index is -4.74. The molecule has 0 aliphatic heterocycles. The molecule has 0 fully saturated rings. The van der Waals surface area contributed by atoms with Crippen molar-refractivity contribution in [2.24, 2.45) is 5.92 Å². The number of nitrogens with one attached hydrogen (secondary N) is 3. The van der Waals surface area contributed by atoms with Gasteiger partial charge in [0.25, 0.3) is 0 Å². The number of ether oxygens (including phenoxy) is 2. The first-order valence-electron chi connectivity index (χ1n) is 13.7. The molecule has 0 radical (unpaired) electrons. The molecule has 3 amide bonds. The first kappa shape index (κ1) is 33.6. The standard InChI is InChI=1S/C30H34F3N5O6/c1-18(2)26(36-29(42)44-16-21-11-7-5-8-12-21)28(41)35-20(4)27(40)34-19(3)23(39)17-43-25-15-24(30(31,32)33)37-38(25)22-13-9-6-10-14-22/h5-15,18-20,26H,16-17H2,1-4H3,(H,34,40)(H,35,41)(H,36,42)/t19-,20-,26-/m0/s1. The fourth-order valence-electron chi connectivity index (χ4n) is 3.84.